The molecule has 0 saturated heterocycles. The van der Waals surface area contributed by atoms with Crippen LogP contribution < -0.4 is 4.57 Å². The summed E-state index contributed by atoms with van der Waals surface area (Å²) < 4.78 is 139. The van der Waals surface area contributed by atoms with Crippen LogP contribution in [0.1, 0.15) is 6.92 Å². The van der Waals surface area contributed by atoms with E-state index >= 15 is 0 Å². The van der Waals surface area contributed by atoms with E-state index in [4.69, 9.17) is 0 Å². The van der Waals surface area contributed by atoms with Crippen LogP contribution in [-0.2, 0) is 16.7 Å². The molecule has 0 saturated carbocycles. The molecule has 1 aromatic heterocycles. The summed E-state index contributed by atoms with van der Waals surface area (Å²) >= 11 is 0. The number of hydrogen-bond donors (Lipinski definition) is 0. The first-order valence-corrected chi connectivity index (χ1v) is 7.62. The van der Waals surface area contributed by atoms with Gasteiger partial charge in [-0.2, -0.15) is 39.5 Å². The van der Waals surface area contributed by atoms with Crippen LogP contribution in [0.15, 0.2) is 25.3 Å². The molecule has 0 aliphatic carbocycles. The van der Waals surface area contributed by atoms with Gasteiger partial charge in [-0.1, -0.05) is 6.58 Å². The molecule has 0 spiro atoms. The largest absolute Gasteiger partial charge is 0.743 e. The van der Waals surface area contributed by atoms with Gasteiger partial charge in [0.25, 0.3) is 0 Å². The number of imidazole rings is 1. The second kappa shape index (κ2) is 7.46. The van der Waals surface area contributed by atoms with Crippen LogP contribution in [0.25, 0.3) is 6.20 Å². The van der Waals surface area contributed by atoms with Crippen molar-refractivity contribution in [2.24, 2.45) is 0 Å². The highest BCUT2D eigenvalue weighted by atomic mass is 32.2. The Balaban J connectivity index is 0.000000577. The Hall–Kier alpha value is -1.77. The lowest BCUT2D eigenvalue weighted by Crippen LogP contribution is -2.63. The topological polar surface area (TPSA) is 66.0 Å². The average Bonchev–Trinajstić information content (AvgIpc) is 2.93. The summed E-state index contributed by atoms with van der Waals surface area (Å²) in [5, 5.41) is -7.11. The lowest BCUT2D eigenvalue weighted by molar-refractivity contribution is -0.692. The smallest absolute Gasteiger partial charge is 0.460 e. The summed E-state index contributed by atoms with van der Waals surface area (Å²) in [6.07, 6.45) is 0.585. The van der Waals surface area contributed by atoms with Gasteiger partial charge in [0.05, 0.1) is 12.7 Å². The van der Waals surface area contributed by atoms with E-state index in [1.165, 1.54) is 0 Å². The zero-order valence-electron chi connectivity index (χ0n) is 12.7. The number of nitrogens with zero attached hydrogens (tertiary/aromatic N) is 2. The number of rotatable bonds is 5. The summed E-state index contributed by atoms with van der Waals surface area (Å²) in [6.45, 7) is 6.75. The van der Waals surface area contributed by atoms with E-state index in [0.29, 0.717) is 0 Å². The predicted molar refractivity (Wildman–Crippen MR) is 67.3 cm³/mol. The summed E-state index contributed by atoms with van der Waals surface area (Å²) in [4.78, 5) is 0. The number of alkyl halides is 9. The molecular weight excluding hydrogens is 411 g/mol. The van der Waals surface area contributed by atoms with Gasteiger partial charge in [-0.15, -0.1) is 0 Å². The molecule has 0 fully saturated rings. The van der Waals surface area contributed by atoms with Gasteiger partial charge in [-0.3, -0.25) is 0 Å². The number of halogens is 9. The number of aromatic nitrogens is 2. The highest BCUT2D eigenvalue weighted by Crippen LogP contribution is 2.54. The van der Waals surface area contributed by atoms with Crippen LogP contribution in [0, 0.1) is 0 Å². The average molecular weight is 422 g/mol. The van der Waals surface area contributed by atoms with E-state index in [-0.39, 0.29) is 0 Å². The van der Waals surface area contributed by atoms with Crippen LogP contribution in [-0.4, -0.2) is 40.8 Å². The number of hydrogen-bond acceptors (Lipinski definition) is 3. The Morgan fingerprint density at radius 1 is 1.08 bits per heavy atom. The maximum atomic E-state index is 12.2. The molecule has 0 N–H and O–H groups in total. The van der Waals surface area contributed by atoms with Gasteiger partial charge in [0.2, 0.25) is 6.33 Å². The van der Waals surface area contributed by atoms with E-state index in [2.05, 4.69) is 18.1 Å². The molecule has 0 amide bonds. The molecule has 0 bridgehead atoms. The fourth-order valence-corrected chi connectivity index (χ4v) is 1.67. The monoisotopic (exact) mass is 422 g/mol. The summed E-state index contributed by atoms with van der Waals surface area (Å²) in [6, 6.07) is 0. The predicted octanol–water partition coefficient (Wildman–Crippen LogP) is 2.85. The molecule has 0 aromatic carbocycles. The molecule has 0 aliphatic rings. The van der Waals surface area contributed by atoms with E-state index in [0.717, 1.165) is 6.54 Å². The van der Waals surface area contributed by atoms with Crippen molar-refractivity contribution in [1.82, 2.24) is 4.57 Å². The van der Waals surface area contributed by atoms with E-state index in [9.17, 15) is 52.5 Å². The van der Waals surface area contributed by atoms with Crippen LogP contribution in [0.2, 0.25) is 0 Å². The molecule has 15 heteroatoms. The zero-order chi connectivity index (χ0) is 21.2. The van der Waals surface area contributed by atoms with Gasteiger partial charge < -0.3 is 4.55 Å². The van der Waals surface area contributed by atoms with Gasteiger partial charge in [-0.05, 0) is 6.92 Å². The van der Waals surface area contributed by atoms with E-state index in [1.54, 1.807) is 6.20 Å². The minimum Gasteiger partial charge on any atom is -0.743 e. The minimum absolute atomic E-state index is 1.01. The molecular formula is C11H11F9N2O3S. The molecule has 0 aliphatic heterocycles. The zero-order valence-corrected chi connectivity index (χ0v) is 13.5. The molecule has 1 rings (SSSR count). The molecule has 26 heavy (non-hydrogen) atoms. The second-order valence-electron chi connectivity index (χ2n) is 4.49. The third kappa shape index (κ3) is 4.49. The van der Waals surface area contributed by atoms with Crippen LogP contribution in [0.3, 0.4) is 0 Å². The second-order valence-corrected chi connectivity index (χ2v) is 5.91. The Bertz CT molecular complexity index is 726. The van der Waals surface area contributed by atoms with Crippen LogP contribution >= 0.6 is 0 Å². The fraction of sp³-hybridized carbons (Fsp3) is 0.545. The first kappa shape index (κ1) is 24.2. The lowest BCUT2D eigenvalue weighted by atomic mass is 10.1. The molecule has 0 unspecified atom stereocenters. The third-order valence-corrected chi connectivity index (χ3v) is 3.60. The van der Waals surface area contributed by atoms with Crippen molar-refractivity contribution in [3.63, 3.8) is 0 Å². The maximum Gasteiger partial charge on any atom is 0.460 e. The van der Waals surface area contributed by atoms with Crippen molar-refractivity contribution in [2.45, 2.75) is 36.7 Å². The molecule has 5 nitrogen and oxygen atoms in total. The van der Waals surface area contributed by atoms with Gasteiger partial charge in [0, 0.05) is 0 Å². The molecule has 0 radical (unpaired) electrons. The van der Waals surface area contributed by atoms with Crippen molar-refractivity contribution >= 4 is 16.3 Å². The summed E-state index contributed by atoms with van der Waals surface area (Å²) in [7, 11) is -7.42. The van der Waals surface area contributed by atoms with Gasteiger partial charge in [-0.25, -0.2) is 17.6 Å². The van der Waals surface area contributed by atoms with Gasteiger partial charge in [0.1, 0.15) is 12.4 Å². The number of aryl methyl sites for hydroxylation is 1. The van der Waals surface area contributed by atoms with Crippen LogP contribution in [0.4, 0.5) is 39.5 Å². The highest BCUT2D eigenvalue weighted by Gasteiger charge is 2.83. The van der Waals surface area contributed by atoms with E-state index < -0.39 is 33.4 Å². The first-order chi connectivity index (χ1) is 11.4. The standard InChI is InChI=1S/C7H11N2.C4HF9O3S/c1-3-8-5-6-9(4-2)7-8;5-1(6,3(9,10)11)2(7,8)4(12,13)17(14,15)16/h3,5-7H,1,4H2,2H3;(H,14,15,16)/q+1;/p-1. The van der Waals surface area contributed by atoms with Crippen molar-refractivity contribution in [1.29, 1.82) is 0 Å². The van der Waals surface area contributed by atoms with Gasteiger partial charge >= 0.3 is 23.3 Å². The SMILES string of the molecule is C=Cn1cc[n+](CC)c1.O=S(=O)([O-])C(F)(F)C(F)(F)C(F)(F)C(F)(F)F. The van der Waals surface area contributed by atoms with Crippen molar-refractivity contribution in [3.8, 4) is 0 Å². The minimum atomic E-state index is -7.43. The molecule has 1 heterocycles. The Morgan fingerprint density at radius 2 is 1.54 bits per heavy atom. The molecule has 1 aromatic rings. The van der Waals surface area contributed by atoms with Crippen molar-refractivity contribution in [3.05, 3.63) is 25.3 Å². The summed E-state index contributed by atoms with van der Waals surface area (Å²) in [5.41, 5.74) is 0. The fourth-order valence-electron chi connectivity index (χ4n) is 1.22. The first-order valence-electron chi connectivity index (χ1n) is 6.21. The lowest BCUT2D eigenvalue weighted by Gasteiger charge is -2.34. The van der Waals surface area contributed by atoms with Crippen LogP contribution in [0.5, 0.6) is 0 Å². The Morgan fingerprint density at radius 3 is 1.77 bits per heavy atom. The third-order valence-electron chi connectivity index (χ3n) is 2.72. The highest BCUT2D eigenvalue weighted by molar-refractivity contribution is 7.86. The summed E-state index contributed by atoms with van der Waals surface area (Å²) in [5.74, 6) is -14.8. The van der Waals surface area contributed by atoms with Crippen molar-refractivity contribution < 1.29 is 57.1 Å². The van der Waals surface area contributed by atoms with E-state index in [1.807, 2.05) is 23.3 Å². The normalized spacial score (nSPS) is 13.8. The molecule has 152 valence electrons. The Kier molecular flexibility index (Phi) is 6.95. The van der Waals surface area contributed by atoms with Crippen molar-refractivity contribution in [2.75, 3.05) is 0 Å². The maximum absolute atomic E-state index is 12.2. The Labute approximate surface area is 141 Å². The van der Waals surface area contributed by atoms with Gasteiger partial charge in [0.15, 0.2) is 10.1 Å². The molecule has 0 atom stereocenters. The quantitative estimate of drug-likeness (QED) is 0.417.